The number of halogens is 2. The molecule has 0 amide bonds. The lowest BCUT2D eigenvalue weighted by Crippen LogP contribution is -2.12. The second-order valence-electron chi connectivity index (χ2n) is 8.03. The Balaban J connectivity index is 1.68. The van der Waals surface area contributed by atoms with E-state index in [1.54, 1.807) is 27.0 Å². The van der Waals surface area contributed by atoms with Crippen LogP contribution in [0.15, 0.2) is 51.9 Å². The second-order valence-corrected chi connectivity index (χ2v) is 10.6. The zero-order chi connectivity index (χ0) is 25.3. The third-order valence-electron chi connectivity index (χ3n) is 5.28. The van der Waals surface area contributed by atoms with Crippen molar-refractivity contribution in [3.8, 4) is 34.3 Å². The highest BCUT2D eigenvalue weighted by molar-refractivity contribution is 8.24. The summed E-state index contributed by atoms with van der Waals surface area (Å²) in [7, 11) is -1.53. The number of hydrogen-bond donors (Lipinski definition) is 4. The molecule has 0 aliphatic carbocycles. The molecule has 2 aromatic carbocycles. The van der Waals surface area contributed by atoms with Gasteiger partial charge in [-0.3, -0.25) is 9.11 Å². The van der Waals surface area contributed by atoms with E-state index in [1.165, 1.54) is 30.5 Å². The smallest absolute Gasteiger partial charge is 0.270 e. The first kappa shape index (κ1) is 24.7. The Bertz CT molecular complexity index is 1380. The van der Waals surface area contributed by atoms with Crippen molar-refractivity contribution < 1.29 is 22.3 Å². The van der Waals surface area contributed by atoms with Gasteiger partial charge in [0.1, 0.15) is 11.6 Å². The number of hydrogen-bond acceptors (Lipinski definition) is 9. The van der Waals surface area contributed by atoms with E-state index in [-0.39, 0.29) is 39.4 Å². The number of benzene rings is 2. The summed E-state index contributed by atoms with van der Waals surface area (Å²) in [6.45, 7) is 3.70. The van der Waals surface area contributed by atoms with E-state index in [0.717, 1.165) is 11.6 Å². The molecule has 5 N–H and O–H groups in total. The summed E-state index contributed by atoms with van der Waals surface area (Å²) in [6.07, 6.45) is 1.34. The monoisotopic (exact) mass is 502 g/mol. The summed E-state index contributed by atoms with van der Waals surface area (Å²) in [5.41, 5.74) is 7.44. The fourth-order valence-corrected chi connectivity index (χ4v) is 4.45. The minimum atomic E-state index is -3.30. The first-order chi connectivity index (χ1) is 16.6. The average molecular weight is 503 g/mol. The van der Waals surface area contributed by atoms with Crippen molar-refractivity contribution >= 4 is 16.4 Å². The molecule has 0 radical (unpaired) electrons. The highest BCUT2D eigenvalue weighted by Crippen LogP contribution is 2.53. The number of anilines is 1. The van der Waals surface area contributed by atoms with Gasteiger partial charge in [0.15, 0.2) is 11.5 Å². The van der Waals surface area contributed by atoms with Gasteiger partial charge in [0.05, 0.1) is 22.3 Å². The van der Waals surface area contributed by atoms with Crippen LogP contribution in [-0.2, 0) is 6.54 Å². The summed E-state index contributed by atoms with van der Waals surface area (Å²) < 4.78 is 55.5. The van der Waals surface area contributed by atoms with Gasteiger partial charge in [0, 0.05) is 17.4 Å². The van der Waals surface area contributed by atoms with E-state index in [9.17, 15) is 17.9 Å². The SMILES string of the molecule is CNCc1ccc(-c2nnc(-c3nc(-c4ccc(S(O)(O)C(C)C)c(F)c4)cnc3N)o2)c(F)c1. The molecule has 184 valence electrons. The zero-order valence-corrected chi connectivity index (χ0v) is 20.0. The van der Waals surface area contributed by atoms with Crippen molar-refractivity contribution in [3.05, 3.63) is 59.8 Å². The van der Waals surface area contributed by atoms with Gasteiger partial charge in [-0.15, -0.1) is 10.2 Å². The molecule has 0 saturated carbocycles. The average Bonchev–Trinajstić information content (AvgIpc) is 3.29. The molecule has 9 nitrogen and oxygen atoms in total. The molecular weight excluding hydrogens is 478 g/mol. The number of nitrogen functional groups attached to an aromatic ring is 1. The summed E-state index contributed by atoms with van der Waals surface area (Å²) in [6, 6.07) is 8.59. The fourth-order valence-electron chi connectivity index (χ4n) is 3.33. The number of nitrogens with zero attached hydrogens (tertiary/aromatic N) is 4. The summed E-state index contributed by atoms with van der Waals surface area (Å²) in [5.74, 6) is -1.47. The Hall–Kier alpha value is -3.45. The third-order valence-corrected chi connectivity index (χ3v) is 7.57. The number of nitrogens with two attached hydrogens (primary N) is 1. The number of rotatable bonds is 7. The van der Waals surface area contributed by atoms with Crippen LogP contribution in [0.25, 0.3) is 34.3 Å². The quantitative estimate of drug-likeness (QED) is 0.276. The van der Waals surface area contributed by atoms with E-state index >= 15 is 0 Å². The molecule has 0 spiro atoms. The molecule has 2 heterocycles. The van der Waals surface area contributed by atoms with Crippen LogP contribution in [0.3, 0.4) is 0 Å². The lowest BCUT2D eigenvalue weighted by Gasteiger charge is -2.36. The van der Waals surface area contributed by atoms with Crippen molar-refractivity contribution in [2.75, 3.05) is 12.8 Å². The van der Waals surface area contributed by atoms with Crippen LogP contribution in [0.1, 0.15) is 19.4 Å². The maximum atomic E-state index is 14.7. The summed E-state index contributed by atoms with van der Waals surface area (Å²) in [4.78, 5) is 8.28. The van der Waals surface area contributed by atoms with Crippen LogP contribution in [0.2, 0.25) is 0 Å². The topological polar surface area (TPSA) is 143 Å². The van der Waals surface area contributed by atoms with Gasteiger partial charge >= 0.3 is 0 Å². The molecule has 12 heteroatoms. The second kappa shape index (κ2) is 9.66. The highest BCUT2D eigenvalue weighted by atomic mass is 32.3. The molecule has 4 rings (SSSR count). The van der Waals surface area contributed by atoms with Gasteiger partial charge in [-0.2, -0.15) is 10.6 Å². The van der Waals surface area contributed by atoms with Crippen LogP contribution in [0.4, 0.5) is 14.6 Å². The Morgan fingerprint density at radius 3 is 2.46 bits per heavy atom. The number of aromatic nitrogens is 4. The normalized spacial score (nSPS) is 12.3. The molecule has 0 atom stereocenters. The minimum absolute atomic E-state index is 0.0140. The lowest BCUT2D eigenvalue weighted by molar-refractivity contribution is 0.466. The van der Waals surface area contributed by atoms with Crippen molar-refractivity contribution in [1.82, 2.24) is 25.5 Å². The molecule has 0 bridgehead atoms. The molecule has 0 aliphatic heterocycles. The lowest BCUT2D eigenvalue weighted by atomic mass is 10.1. The van der Waals surface area contributed by atoms with E-state index < -0.39 is 27.5 Å². The van der Waals surface area contributed by atoms with Gasteiger partial charge in [-0.25, -0.2) is 18.7 Å². The van der Waals surface area contributed by atoms with Gasteiger partial charge < -0.3 is 15.5 Å². The molecule has 0 fully saturated rings. The summed E-state index contributed by atoms with van der Waals surface area (Å²) >= 11 is 0. The molecule has 0 aliphatic rings. The molecule has 0 unspecified atom stereocenters. The standard InChI is InChI=1S/C23H24F2N6O3S/c1-12(2)35(32,33)19-7-5-14(9-17(19)25)18-11-28-21(26)20(29-18)23-31-30-22(34-23)15-6-4-13(10-27-3)8-16(15)24/h4-9,11-12,27,32-33H,10H2,1-3H3,(H2,26,28). The Kier molecular flexibility index (Phi) is 6.81. The Morgan fingerprint density at radius 1 is 1.06 bits per heavy atom. The number of nitrogens with one attached hydrogen (secondary N) is 1. The Morgan fingerprint density at radius 2 is 1.80 bits per heavy atom. The van der Waals surface area contributed by atoms with Crippen molar-refractivity contribution in [1.29, 1.82) is 0 Å². The van der Waals surface area contributed by atoms with Crippen molar-refractivity contribution in [3.63, 3.8) is 0 Å². The van der Waals surface area contributed by atoms with Crippen LogP contribution in [0, 0.1) is 11.6 Å². The first-order valence-electron chi connectivity index (χ1n) is 10.6. The van der Waals surface area contributed by atoms with E-state index in [0.29, 0.717) is 12.1 Å². The molecule has 2 aromatic heterocycles. The third kappa shape index (κ3) is 4.86. The van der Waals surface area contributed by atoms with Gasteiger partial charge in [-0.1, -0.05) is 12.1 Å². The Labute approximate surface area is 201 Å². The highest BCUT2D eigenvalue weighted by Gasteiger charge is 2.25. The fraction of sp³-hybridized carbons (Fsp3) is 0.217. The molecule has 35 heavy (non-hydrogen) atoms. The van der Waals surface area contributed by atoms with Crippen molar-refractivity contribution in [2.45, 2.75) is 30.5 Å². The first-order valence-corrected chi connectivity index (χ1v) is 12.2. The van der Waals surface area contributed by atoms with E-state index in [4.69, 9.17) is 10.2 Å². The van der Waals surface area contributed by atoms with E-state index in [2.05, 4.69) is 25.5 Å². The zero-order valence-electron chi connectivity index (χ0n) is 19.2. The predicted octanol–water partition coefficient (Wildman–Crippen LogP) is 4.96. The largest absolute Gasteiger partial charge is 0.414 e. The van der Waals surface area contributed by atoms with Crippen LogP contribution >= 0.6 is 10.6 Å². The maximum absolute atomic E-state index is 14.7. The summed E-state index contributed by atoms with van der Waals surface area (Å²) in [5, 5.41) is 10.2. The van der Waals surface area contributed by atoms with Crippen molar-refractivity contribution in [2.24, 2.45) is 0 Å². The van der Waals surface area contributed by atoms with Gasteiger partial charge in [-0.05, 0) is 50.7 Å². The van der Waals surface area contributed by atoms with Crippen LogP contribution < -0.4 is 11.1 Å². The predicted molar refractivity (Wildman–Crippen MR) is 130 cm³/mol. The maximum Gasteiger partial charge on any atom is 0.270 e. The van der Waals surface area contributed by atoms with Gasteiger partial charge in [0.25, 0.3) is 11.8 Å². The minimum Gasteiger partial charge on any atom is -0.414 e. The van der Waals surface area contributed by atoms with Gasteiger partial charge in [0.2, 0.25) is 0 Å². The van der Waals surface area contributed by atoms with Crippen LogP contribution in [0.5, 0.6) is 0 Å². The molecular formula is C23H24F2N6O3S. The molecule has 0 saturated heterocycles. The molecule has 4 aromatic rings. The van der Waals surface area contributed by atoms with Crippen LogP contribution in [-0.4, -0.2) is 41.6 Å². The van der Waals surface area contributed by atoms with E-state index in [1.807, 2.05) is 0 Å².